The molecule has 0 radical (unpaired) electrons. The van der Waals surface area contributed by atoms with Crippen molar-refractivity contribution in [2.24, 2.45) is 5.92 Å². The fraction of sp³-hybridized carbons (Fsp3) is 0.231. The van der Waals surface area contributed by atoms with Gasteiger partial charge < -0.3 is 10.2 Å². The number of nitrogens with one attached hydrogen (secondary N) is 1. The molecule has 31 heavy (non-hydrogen) atoms. The summed E-state index contributed by atoms with van der Waals surface area (Å²) in [5, 5.41) is 3.49. The van der Waals surface area contributed by atoms with E-state index in [4.69, 9.17) is 0 Å². The molecule has 1 atom stereocenters. The van der Waals surface area contributed by atoms with Gasteiger partial charge in [0.05, 0.1) is 11.3 Å². The van der Waals surface area contributed by atoms with E-state index in [1.807, 2.05) is 78.6 Å². The minimum absolute atomic E-state index is 0.133. The third-order valence-corrected chi connectivity index (χ3v) is 5.99. The number of para-hydroxylation sites is 2. The van der Waals surface area contributed by atoms with Gasteiger partial charge in [0, 0.05) is 23.5 Å². The van der Waals surface area contributed by atoms with Crippen molar-refractivity contribution in [3.8, 4) is 0 Å². The van der Waals surface area contributed by atoms with E-state index in [2.05, 4.69) is 19.2 Å². The average molecular weight is 412 g/mol. The molecule has 0 bridgehead atoms. The van der Waals surface area contributed by atoms with Gasteiger partial charge in [-0.1, -0.05) is 61.9 Å². The molecule has 0 unspecified atom stereocenters. The zero-order chi connectivity index (χ0) is 21.8. The van der Waals surface area contributed by atoms with Gasteiger partial charge in [0.25, 0.3) is 11.8 Å². The molecule has 2 aliphatic rings. The zero-order valence-corrected chi connectivity index (χ0v) is 17.9. The molecule has 0 aromatic heterocycles. The number of amides is 2. The number of nitrogens with zero attached hydrogens (tertiary/aromatic N) is 2. The van der Waals surface area contributed by atoms with Gasteiger partial charge in [-0.3, -0.25) is 14.5 Å². The molecular formula is C26H25N3O2. The summed E-state index contributed by atoms with van der Waals surface area (Å²) in [6.07, 6.45) is 0. The summed E-state index contributed by atoms with van der Waals surface area (Å²) in [7, 11) is 0. The van der Waals surface area contributed by atoms with Crippen molar-refractivity contribution in [3.05, 3.63) is 89.5 Å². The van der Waals surface area contributed by atoms with E-state index in [0.29, 0.717) is 23.5 Å². The second-order valence-corrected chi connectivity index (χ2v) is 8.68. The third-order valence-electron chi connectivity index (χ3n) is 5.99. The van der Waals surface area contributed by atoms with E-state index in [1.165, 1.54) is 0 Å². The fourth-order valence-corrected chi connectivity index (χ4v) is 4.63. The quantitative estimate of drug-likeness (QED) is 0.665. The molecular weight excluding hydrogens is 386 g/mol. The van der Waals surface area contributed by atoms with Crippen molar-refractivity contribution in [1.82, 2.24) is 0 Å². The summed E-state index contributed by atoms with van der Waals surface area (Å²) in [4.78, 5) is 31.5. The van der Waals surface area contributed by atoms with Crippen molar-refractivity contribution in [3.63, 3.8) is 0 Å². The first-order valence-electron chi connectivity index (χ1n) is 10.6. The van der Waals surface area contributed by atoms with Crippen LogP contribution >= 0.6 is 0 Å². The number of fused-ring (bicyclic) bond motifs is 3. The number of aryl methyl sites for hydroxylation is 1. The van der Waals surface area contributed by atoms with Gasteiger partial charge >= 0.3 is 0 Å². The Balaban J connectivity index is 1.79. The molecule has 0 saturated heterocycles. The normalized spacial score (nSPS) is 19.6. The maximum atomic E-state index is 14.2. The van der Waals surface area contributed by atoms with E-state index >= 15 is 0 Å². The molecule has 5 heteroatoms. The number of anilines is 3. The van der Waals surface area contributed by atoms with Crippen LogP contribution in [0.15, 0.2) is 72.8 Å². The Morgan fingerprint density at radius 2 is 1.58 bits per heavy atom. The average Bonchev–Trinajstić information content (AvgIpc) is 2.98. The molecule has 3 aromatic carbocycles. The van der Waals surface area contributed by atoms with E-state index in [9.17, 15) is 9.59 Å². The van der Waals surface area contributed by atoms with Crippen molar-refractivity contribution >= 4 is 28.9 Å². The molecule has 1 N–H and O–H groups in total. The number of hydrogen-bond donors (Lipinski definition) is 1. The molecule has 0 fully saturated rings. The number of rotatable bonds is 3. The van der Waals surface area contributed by atoms with Crippen LogP contribution in [0.4, 0.5) is 17.1 Å². The SMILES string of the molecule is Cc1ccc(N2C(=O)c3ccccc3N[C@]23C(=O)N(CC(C)C)c2ccccc23)cc1. The lowest BCUT2D eigenvalue weighted by Gasteiger charge is -2.45. The highest BCUT2D eigenvalue weighted by atomic mass is 16.2. The molecule has 1 spiro atoms. The van der Waals surface area contributed by atoms with Crippen LogP contribution in [0.2, 0.25) is 0 Å². The maximum absolute atomic E-state index is 14.2. The Hall–Kier alpha value is -3.60. The molecule has 0 saturated carbocycles. The molecule has 3 aromatic rings. The first-order valence-corrected chi connectivity index (χ1v) is 10.6. The van der Waals surface area contributed by atoms with Crippen LogP contribution in [-0.2, 0) is 10.5 Å². The molecule has 2 amide bonds. The summed E-state index contributed by atoms with van der Waals surface area (Å²) in [5.74, 6) is -0.0369. The Morgan fingerprint density at radius 1 is 0.903 bits per heavy atom. The molecule has 5 nitrogen and oxygen atoms in total. The summed E-state index contributed by atoms with van der Waals surface area (Å²) < 4.78 is 0. The Kier molecular flexibility index (Phi) is 4.36. The van der Waals surface area contributed by atoms with Crippen LogP contribution in [-0.4, -0.2) is 18.4 Å². The maximum Gasteiger partial charge on any atom is 0.279 e. The fourth-order valence-electron chi connectivity index (χ4n) is 4.63. The second-order valence-electron chi connectivity index (χ2n) is 8.68. The highest BCUT2D eigenvalue weighted by molar-refractivity contribution is 6.22. The lowest BCUT2D eigenvalue weighted by Crippen LogP contribution is -2.63. The van der Waals surface area contributed by atoms with Crippen LogP contribution in [0.1, 0.15) is 35.3 Å². The number of benzene rings is 3. The molecule has 2 aliphatic heterocycles. The Morgan fingerprint density at radius 3 is 2.32 bits per heavy atom. The molecule has 5 rings (SSSR count). The van der Waals surface area contributed by atoms with E-state index < -0.39 is 5.66 Å². The van der Waals surface area contributed by atoms with Gasteiger partial charge in [0.1, 0.15) is 0 Å². The minimum Gasteiger partial charge on any atom is -0.350 e. The van der Waals surface area contributed by atoms with Crippen LogP contribution in [0.3, 0.4) is 0 Å². The van der Waals surface area contributed by atoms with Crippen LogP contribution in [0, 0.1) is 12.8 Å². The molecule has 0 aliphatic carbocycles. The Bertz CT molecular complexity index is 1190. The van der Waals surface area contributed by atoms with Crippen LogP contribution in [0.5, 0.6) is 0 Å². The highest BCUT2D eigenvalue weighted by Gasteiger charge is 2.59. The standard InChI is InChI=1S/C26H25N3O2/c1-17(2)16-28-23-11-7-5-9-21(23)26(25(28)31)27-22-10-6-4-8-20(22)24(30)29(26)19-14-12-18(3)13-15-19/h4-15,17,27H,16H2,1-3H3/t26-/m0/s1. The summed E-state index contributed by atoms with van der Waals surface area (Å²) in [6.45, 7) is 6.77. The van der Waals surface area contributed by atoms with Gasteiger partial charge in [-0.05, 0) is 43.2 Å². The lowest BCUT2D eigenvalue weighted by molar-refractivity contribution is -0.122. The van der Waals surface area contributed by atoms with Gasteiger partial charge in [-0.2, -0.15) is 0 Å². The first-order chi connectivity index (χ1) is 14.9. The predicted molar refractivity (Wildman–Crippen MR) is 123 cm³/mol. The van der Waals surface area contributed by atoms with E-state index in [-0.39, 0.29) is 17.7 Å². The van der Waals surface area contributed by atoms with Gasteiger partial charge in [0.15, 0.2) is 0 Å². The van der Waals surface area contributed by atoms with Gasteiger partial charge in [-0.25, -0.2) is 0 Å². The third kappa shape index (κ3) is 2.76. The summed E-state index contributed by atoms with van der Waals surface area (Å²) in [6, 6.07) is 22.9. The Labute approximate surface area is 182 Å². The van der Waals surface area contributed by atoms with Gasteiger partial charge in [-0.15, -0.1) is 0 Å². The van der Waals surface area contributed by atoms with Crippen LogP contribution in [0.25, 0.3) is 0 Å². The largest absolute Gasteiger partial charge is 0.350 e. The van der Waals surface area contributed by atoms with Crippen molar-refractivity contribution in [1.29, 1.82) is 0 Å². The lowest BCUT2D eigenvalue weighted by atomic mass is 9.92. The van der Waals surface area contributed by atoms with Crippen molar-refractivity contribution in [2.75, 3.05) is 21.7 Å². The van der Waals surface area contributed by atoms with Gasteiger partial charge in [0.2, 0.25) is 5.66 Å². The number of carbonyl (C=O) groups is 2. The van der Waals surface area contributed by atoms with Crippen molar-refractivity contribution < 1.29 is 9.59 Å². The first kappa shape index (κ1) is 19.4. The molecule has 156 valence electrons. The number of carbonyl (C=O) groups excluding carboxylic acids is 2. The smallest absolute Gasteiger partial charge is 0.279 e. The van der Waals surface area contributed by atoms with E-state index in [0.717, 1.165) is 16.8 Å². The monoisotopic (exact) mass is 411 g/mol. The van der Waals surface area contributed by atoms with Crippen molar-refractivity contribution in [2.45, 2.75) is 26.4 Å². The van der Waals surface area contributed by atoms with Crippen LogP contribution < -0.4 is 15.1 Å². The minimum atomic E-state index is -1.33. The summed E-state index contributed by atoms with van der Waals surface area (Å²) >= 11 is 0. The molecule has 2 heterocycles. The topological polar surface area (TPSA) is 52.7 Å². The zero-order valence-electron chi connectivity index (χ0n) is 17.9. The second kappa shape index (κ2) is 6.98. The highest BCUT2D eigenvalue weighted by Crippen LogP contribution is 2.49. The van der Waals surface area contributed by atoms with E-state index in [1.54, 1.807) is 11.0 Å². The summed E-state index contributed by atoms with van der Waals surface area (Å²) in [5.41, 5.74) is 3.32. The number of hydrogen-bond acceptors (Lipinski definition) is 3. The predicted octanol–water partition coefficient (Wildman–Crippen LogP) is 4.92.